The van der Waals surface area contributed by atoms with Crippen LogP contribution < -0.4 is 5.32 Å². The van der Waals surface area contributed by atoms with E-state index in [-0.39, 0.29) is 6.04 Å². The Morgan fingerprint density at radius 3 is 2.84 bits per heavy atom. The molecule has 2 rings (SSSR count). The summed E-state index contributed by atoms with van der Waals surface area (Å²) >= 11 is 0. The first kappa shape index (κ1) is 13.5. The highest BCUT2D eigenvalue weighted by Gasteiger charge is 2.12. The molecule has 7 heteroatoms. The smallest absolute Gasteiger partial charge is 0.246 e. The van der Waals surface area contributed by atoms with E-state index in [2.05, 4.69) is 20.4 Å². The third-order valence-electron chi connectivity index (χ3n) is 2.56. The Morgan fingerprint density at radius 2 is 2.21 bits per heavy atom. The van der Waals surface area contributed by atoms with Crippen LogP contribution in [0.2, 0.25) is 0 Å². The molecule has 0 aliphatic rings. The number of anilines is 1. The van der Waals surface area contributed by atoms with Crippen molar-refractivity contribution in [3.05, 3.63) is 23.6 Å². The lowest BCUT2D eigenvalue weighted by atomic mass is 10.4. The fraction of sp³-hybridized carbons (Fsp3) is 0.583. The lowest BCUT2D eigenvalue weighted by Crippen LogP contribution is -2.23. The average Bonchev–Trinajstić information content (AvgIpc) is 2.87. The topological polar surface area (TPSA) is 78.0 Å². The van der Waals surface area contributed by atoms with E-state index in [0.717, 1.165) is 11.6 Å². The van der Waals surface area contributed by atoms with E-state index in [1.165, 1.54) is 0 Å². The summed E-state index contributed by atoms with van der Waals surface area (Å²) in [7, 11) is 1.68. The van der Waals surface area contributed by atoms with Gasteiger partial charge in [0.2, 0.25) is 11.8 Å². The van der Waals surface area contributed by atoms with Gasteiger partial charge in [0, 0.05) is 19.3 Å². The Bertz CT molecular complexity index is 534. The van der Waals surface area contributed by atoms with Crippen LogP contribution in [-0.4, -0.2) is 39.5 Å². The molecule has 0 fully saturated rings. The van der Waals surface area contributed by atoms with Crippen LogP contribution in [0, 0.1) is 13.8 Å². The third-order valence-corrected chi connectivity index (χ3v) is 2.56. The highest BCUT2D eigenvalue weighted by atomic mass is 16.5. The van der Waals surface area contributed by atoms with Crippen LogP contribution in [0.3, 0.4) is 0 Å². The van der Waals surface area contributed by atoms with Gasteiger partial charge in [-0.2, -0.15) is 4.98 Å². The number of hydrogen-bond donors (Lipinski definition) is 1. The van der Waals surface area contributed by atoms with E-state index < -0.39 is 0 Å². The summed E-state index contributed by atoms with van der Waals surface area (Å²) < 4.78 is 12.2. The molecule has 0 amide bonds. The first-order valence-electron chi connectivity index (χ1n) is 6.17. The van der Waals surface area contributed by atoms with Crippen molar-refractivity contribution in [3.8, 4) is 0 Å². The van der Waals surface area contributed by atoms with Gasteiger partial charge in [-0.1, -0.05) is 5.16 Å². The van der Waals surface area contributed by atoms with Gasteiger partial charge in [-0.15, -0.1) is 0 Å². The first-order chi connectivity index (χ1) is 9.08. The van der Waals surface area contributed by atoms with Gasteiger partial charge < -0.3 is 19.1 Å². The van der Waals surface area contributed by atoms with Crippen molar-refractivity contribution < 1.29 is 9.26 Å². The molecule has 0 aliphatic heterocycles. The van der Waals surface area contributed by atoms with Gasteiger partial charge in [0.05, 0.1) is 12.3 Å². The quantitative estimate of drug-likeness (QED) is 0.850. The van der Waals surface area contributed by atoms with E-state index in [0.29, 0.717) is 24.9 Å². The first-order valence-corrected chi connectivity index (χ1v) is 6.17. The molecule has 2 aromatic rings. The number of methoxy groups -OCH3 is 1. The van der Waals surface area contributed by atoms with Gasteiger partial charge in [0.15, 0.2) is 5.82 Å². The van der Waals surface area contributed by atoms with Crippen LogP contribution in [0.4, 0.5) is 5.95 Å². The van der Waals surface area contributed by atoms with Gasteiger partial charge in [0.1, 0.15) is 6.54 Å². The molecule has 7 nitrogen and oxygen atoms in total. The molecular weight excluding hydrogens is 246 g/mol. The molecule has 1 atom stereocenters. The molecule has 2 heterocycles. The van der Waals surface area contributed by atoms with Crippen molar-refractivity contribution in [3.63, 3.8) is 0 Å². The monoisotopic (exact) mass is 265 g/mol. The Labute approximate surface area is 112 Å². The Hall–Kier alpha value is -1.89. The van der Waals surface area contributed by atoms with Crippen molar-refractivity contribution in [1.82, 2.24) is 19.7 Å². The van der Waals surface area contributed by atoms with Crippen LogP contribution in [0.15, 0.2) is 10.7 Å². The summed E-state index contributed by atoms with van der Waals surface area (Å²) in [4.78, 5) is 8.64. The second-order valence-electron chi connectivity index (χ2n) is 4.57. The maximum atomic E-state index is 5.12. The molecule has 0 aromatic carbocycles. The largest absolute Gasteiger partial charge is 0.383 e. The zero-order valence-electron chi connectivity index (χ0n) is 11.7. The van der Waals surface area contributed by atoms with Gasteiger partial charge >= 0.3 is 0 Å². The minimum absolute atomic E-state index is 0.176. The molecular formula is C12H19N5O2. The number of nitrogens with one attached hydrogen (secondary N) is 1. The lowest BCUT2D eigenvalue weighted by molar-refractivity contribution is 0.190. The molecule has 0 saturated heterocycles. The summed E-state index contributed by atoms with van der Waals surface area (Å²) in [5.41, 5.74) is 0.934. The second kappa shape index (κ2) is 5.83. The van der Waals surface area contributed by atoms with Crippen molar-refractivity contribution in [2.24, 2.45) is 0 Å². The van der Waals surface area contributed by atoms with Gasteiger partial charge in [0.25, 0.3) is 0 Å². The minimum atomic E-state index is 0.176. The highest BCUT2D eigenvalue weighted by Crippen LogP contribution is 2.12. The van der Waals surface area contributed by atoms with Gasteiger partial charge in [-0.05, 0) is 20.8 Å². The number of nitrogens with zero attached hydrogens (tertiary/aromatic N) is 4. The number of hydrogen-bond acceptors (Lipinski definition) is 6. The van der Waals surface area contributed by atoms with Crippen LogP contribution in [0.25, 0.3) is 0 Å². The molecule has 0 radical (unpaired) electrons. The zero-order valence-corrected chi connectivity index (χ0v) is 11.7. The number of imidazole rings is 1. The average molecular weight is 265 g/mol. The Balaban J connectivity index is 2.11. The Morgan fingerprint density at radius 1 is 1.42 bits per heavy atom. The van der Waals surface area contributed by atoms with E-state index in [4.69, 9.17) is 9.26 Å². The standard InChI is InChI=1S/C12H19N5O2/c1-8-5-17(6-11-15-10(3)16-19-11)12(13-8)14-9(2)7-18-4/h5,9H,6-7H2,1-4H3,(H,13,14). The number of rotatable bonds is 6. The minimum Gasteiger partial charge on any atom is -0.383 e. The van der Waals surface area contributed by atoms with Gasteiger partial charge in [-0.25, -0.2) is 4.98 Å². The SMILES string of the molecule is COCC(C)Nc1nc(C)cn1Cc1nc(C)no1. The molecule has 19 heavy (non-hydrogen) atoms. The zero-order chi connectivity index (χ0) is 13.8. The number of aromatic nitrogens is 4. The van der Waals surface area contributed by atoms with Crippen LogP contribution in [0.5, 0.6) is 0 Å². The fourth-order valence-electron chi connectivity index (χ4n) is 1.84. The molecule has 104 valence electrons. The maximum Gasteiger partial charge on any atom is 0.246 e. The summed E-state index contributed by atoms with van der Waals surface area (Å²) in [6, 6.07) is 0.176. The third kappa shape index (κ3) is 3.54. The van der Waals surface area contributed by atoms with E-state index in [9.17, 15) is 0 Å². The normalized spacial score (nSPS) is 12.6. The summed E-state index contributed by atoms with van der Waals surface area (Å²) in [5, 5.41) is 7.08. The molecule has 0 saturated carbocycles. The number of ether oxygens (including phenoxy) is 1. The van der Waals surface area contributed by atoms with E-state index >= 15 is 0 Å². The van der Waals surface area contributed by atoms with E-state index in [1.54, 1.807) is 14.0 Å². The second-order valence-corrected chi connectivity index (χ2v) is 4.57. The van der Waals surface area contributed by atoms with Crippen molar-refractivity contribution in [2.45, 2.75) is 33.4 Å². The van der Waals surface area contributed by atoms with E-state index in [1.807, 2.05) is 24.6 Å². The Kier molecular flexibility index (Phi) is 4.16. The summed E-state index contributed by atoms with van der Waals surface area (Å²) in [6.07, 6.45) is 1.95. The van der Waals surface area contributed by atoms with Gasteiger partial charge in [-0.3, -0.25) is 0 Å². The fourth-order valence-corrected chi connectivity index (χ4v) is 1.84. The maximum absolute atomic E-state index is 5.12. The molecule has 0 spiro atoms. The molecule has 2 aromatic heterocycles. The van der Waals surface area contributed by atoms with Crippen molar-refractivity contribution >= 4 is 5.95 Å². The predicted octanol–water partition coefficient (Wildman–Crippen LogP) is 1.38. The molecule has 1 unspecified atom stereocenters. The van der Waals surface area contributed by atoms with Crippen molar-refractivity contribution in [2.75, 3.05) is 19.0 Å². The molecule has 0 aliphatic carbocycles. The summed E-state index contributed by atoms with van der Waals surface area (Å²) in [6.45, 7) is 6.90. The van der Waals surface area contributed by atoms with Crippen LogP contribution in [-0.2, 0) is 11.3 Å². The lowest BCUT2D eigenvalue weighted by Gasteiger charge is -2.14. The van der Waals surface area contributed by atoms with Crippen molar-refractivity contribution in [1.29, 1.82) is 0 Å². The predicted molar refractivity (Wildman–Crippen MR) is 70.1 cm³/mol. The van der Waals surface area contributed by atoms with Crippen LogP contribution >= 0.6 is 0 Å². The molecule has 1 N–H and O–H groups in total. The molecule has 0 bridgehead atoms. The summed E-state index contributed by atoms with van der Waals surface area (Å²) in [5.74, 6) is 1.98. The number of aryl methyl sites for hydroxylation is 2. The van der Waals surface area contributed by atoms with Crippen LogP contribution in [0.1, 0.15) is 24.3 Å². The highest BCUT2D eigenvalue weighted by molar-refractivity contribution is 5.30.